The fraction of sp³-hybridized carbons (Fsp3) is 0.500. The summed E-state index contributed by atoms with van der Waals surface area (Å²) in [5, 5.41) is 0. The molecule has 0 aliphatic carbocycles. The molecule has 0 atom stereocenters. The molecule has 6 nitrogen and oxygen atoms in total. The van der Waals surface area contributed by atoms with Crippen LogP contribution in [0.15, 0.2) is 23.1 Å². The van der Waals surface area contributed by atoms with Crippen molar-refractivity contribution in [3.8, 4) is 5.75 Å². The zero-order valence-corrected chi connectivity index (χ0v) is 12.2. The molecule has 0 saturated carbocycles. The van der Waals surface area contributed by atoms with Gasteiger partial charge in [0, 0.05) is 33.4 Å². The van der Waals surface area contributed by atoms with Gasteiger partial charge in [0.25, 0.3) is 0 Å². The minimum atomic E-state index is -3.53. The molecule has 1 rings (SSSR count). The van der Waals surface area contributed by atoms with Crippen molar-refractivity contribution in [3.63, 3.8) is 0 Å². The number of hydrogen-bond acceptors (Lipinski definition) is 5. The molecule has 0 saturated heterocycles. The second-order valence-corrected chi connectivity index (χ2v) is 6.12. The van der Waals surface area contributed by atoms with Crippen LogP contribution in [-0.4, -0.2) is 47.1 Å². The maximum absolute atomic E-state index is 12.3. The highest BCUT2D eigenvalue weighted by Crippen LogP contribution is 2.26. The van der Waals surface area contributed by atoms with Crippen molar-refractivity contribution in [2.24, 2.45) is 0 Å². The Kier molecular flexibility index (Phi) is 5.59. The Hall–Kier alpha value is -1.31. The third-order valence-corrected chi connectivity index (χ3v) is 4.59. The maximum Gasteiger partial charge on any atom is 0.242 e. The van der Waals surface area contributed by atoms with Crippen LogP contribution in [0.1, 0.15) is 6.42 Å². The Morgan fingerprint density at radius 1 is 1.32 bits per heavy atom. The average molecular weight is 288 g/mol. The molecule has 0 unspecified atom stereocenters. The number of ether oxygens (including phenoxy) is 2. The number of hydrogen-bond donors (Lipinski definition) is 1. The summed E-state index contributed by atoms with van der Waals surface area (Å²) >= 11 is 0. The van der Waals surface area contributed by atoms with Gasteiger partial charge in [-0.15, -0.1) is 0 Å². The largest absolute Gasteiger partial charge is 0.495 e. The standard InChI is InChI=1S/C12H20N2O4S/c1-14(7-4-8-17-2)19(15,16)10-5-6-11(13)12(9-10)18-3/h5-6,9H,4,7-8,13H2,1-3H3. The summed E-state index contributed by atoms with van der Waals surface area (Å²) in [6, 6.07) is 4.42. The summed E-state index contributed by atoms with van der Waals surface area (Å²) in [6.45, 7) is 0.911. The van der Waals surface area contributed by atoms with Crippen molar-refractivity contribution >= 4 is 15.7 Å². The zero-order chi connectivity index (χ0) is 14.5. The molecule has 0 fully saturated rings. The molecule has 19 heavy (non-hydrogen) atoms. The molecule has 1 aromatic rings. The molecule has 108 valence electrons. The van der Waals surface area contributed by atoms with Crippen molar-refractivity contribution in [1.82, 2.24) is 4.31 Å². The van der Waals surface area contributed by atoms with Crippen LogP contribution in [0.5, 0.6) is 5.75 Å². The number of methoxy groups -OCH3 is 2. The SMILES string of the molecule is COCCCN(C)S(=O)(=O)c1ccc(N)c(OC)c1. The molecule has 0 spiro atoms. The Balaban J connectivity index is 2.93. The van der Waals surface area contributed by atoms with E-state index in [2.05, 4.69) is 0 Å². The first kappa shape index (κ1) is 15.7. The monoisotopic (exact) mass is 288 g/mol. The van der Waals surface area contributed by atoms with Crippen LogP contribution in [-0.2, 0) is 14.8 Å². The van der Waals surface area contributed by atoms with Gasteiger partial charge in [-0.25, -0.2) is 12.7 Å². The fourth-order valence-electron chi connectivity index (χ4n) is 1.58. The second-order valence-electron chi connectivity index (χ2n) is 4.08. The van der Waals surface area contributed by atoms with E-state index in [1.165, 1.54) is 36.7 Å². The molecular weight excluding hydrogens is 268 g/mol. The van der Waals surface area contributed by atoms with Crippen LogP contribution in [0, 0.1) is 0 Å². The number of nitrogens with two attached hydrogens (primary N) is 1. The molecule has 2 N–H and O–H groups in total. The topological polar surface area (TPSA) is 81.9 Å². The van der Waals surface area contributed by atoms with Crippen molar-refractivity contribution in [2.45, 2.75) is 11.3 Å². The van der Waals surface area contributed by atoms with Gasteiger partial charge in [-0.3, -0.25) is 0 Å². The Bertz CT molecular complexity index is 516. The number of nitrogens with zero attached hydrogens (tertiary/aromatic N) is 1. The molecular formula is C12H20N2O4S. The van der Waals surface area contributed by atoms with E-state index in [9.17, 15) is 8.42 Å². The quantitative estimate of drug-likeness (QED) is 0.596. The summed E-state index contributed by atoms with van der Waals surface area (Å²) in [5.74, 6) is 0.353. The van der Waals surface area contributed by atoms with E-state index in [4.69, 9.17) is 15.2 Å². The highest BCUT2D eigenvalue weighted by Gasteiger charge is 2.21. The van der Waals surface area contributed by atoms with Gasteiger partial charge in [0.15, 0.2) is 0 Å². The normalized spacial score (nSPS) is 11.8. The fourth-order valence-corrected chi connectivity index (χ4v) is 2.81. The number of rotatable bonds is 7. The maximum atomic E-state index is 12.3. The Morgan fingerprint density at radius 2 is 2.00 bits per heavy atom. The van der Waals surface area contributed by atoms with E-state index in [-0.39, 0.29) is 4.90 Å². The molecule has 0 bridgehead atoms. The van der Waals surface area contributed by atoms with Crippen molar-refractivity contribution in [3.05, 3.63) is 18.2 Å². The van der Waals surface area contributed by atoms with Gasteiger partial charge < -0.3 is 15.2 Å². The minimum Gasteiger partial charge on any atom is -0.495 e. The van der Waals surface area contributed by atoms with Crippen molar-refractivity contribution < 1.29 is 17.9 Å². The van der Waals surface area contributed by atoms with E-state index < -0.39 is 10.0 Å². The van der Waals surface area contributed by atoms with E-state index in [0.717, 1.165) is 0 Å². The third-order valence-electron chi connectivity index (χ3n) is 2.73. The predicted octanol–water partition coefficient (Wildman–Crippen LogP) is 0.934. The van der Waals surface area contributed by atoms with E-state index in [1.807, 2.05) is 0 Å². The molecule has 0 aliphatic heterocycles. The van der Waals surface area contributed by atoms with Crippen molar-refractivity contribution in [2.75, 3.05) is 40.2 Å². The number of benzene rings is 1. The summed E-state index contributed by atoms with van der Waals surface area (Å²) < 4.78 is 35.8. The summed E-state index contributed by atoms with van der Waals surface area (Å²) in [6.07, 6.45) is 0.637. The average Bonchev–Trinajstić information content (AvgIpc) is 2.39. The van der Waals surface area contributed by atoms with Crippen LogP contribution in [0.3, 0.4) is 0 Å². The van der Waals surface area contributed by atoms with Gasteiger partial charge in [0.2, 0.25) is 10.0 Å². The third kappa shape index (κ3) is 3.82. The van der Waals surface area contributed by atoms with E-state index in [0.29, 0.717) is 31.0 Å². The molecule has 1 aromatic carbocycles. The Morgan fingerprint density at radius 3 is 2.58 bits per heavy atom. The summed E-state index contributed by atoms with van der Waals surface area (Å²) in [7, 11) is 1.04. The number of anilines is 1. The van der Waals surface area contributed by atoms with Crippen molar-refractivity contribution in [1.29, 1.82) is 0 Å². The summed E-state index contributed by atoms with van der Waals surface area (Å²) in [4.78, 5) is 0.165. The molecule has 0 heterocycles. The van der Waals surface area contributed by atoms with Crippen LogP contribution < -0.4 is 10.5 Å². The highest BCUT2D eigenvalue weighted by atomic mass is 32.2. The second kappa shape index (κ2) is 6.74. The van der Waals surface area contributed by atoms with Gasteiger partial charge >= 0.3 is 0 Å². The highest BCUT2D eigenvalue weighted by molar-refractivity contribution is 7.89. The van der Waals surface area contributed by atoms with Crippen LogP contribution >= 0.6 is 0 Å². The molecule has 0 aliphatic rings. The van der Waals surface area contributed by atoms with Crippen LogP contribution in [0.4, 0.5) is 5.69 Å². The molecule has 0 aromatic heterocycles. The number of sulfonamides is 1. The van der Waals surface area contributed by atoms with E-state index in [1.54, 1.807) is 7.11 Å². The van der Waals surface area contributed by atoms with Gasteiger partial charge in [-0.2, -0.15) is 0 Å². The van der Waals surface area contributed by atoms with E-state index >= 15 is 0 Å². The lowest BCUT2D eigenvalue weighted by atomic mass is 10.3. The number of nitrogen functional groups attached to an aromatic ring is 1. The molecule has 0 amide bonds. The van der Waals surface area contributed by atoms with Crippen LogP contribution in [0.25, 0.3) is 0 Å². The lowest BCUT2D eigenvalue weighted by molar-refractivity contribution is 0.189. The van der Waals surface area contributed by atoms with Gasteiger partial charge in [-0.05, 0) is 18.6 Å². The smallest absolute Gasteiger partial charge is 0.242 e. The first-order chi connectivity index (χ1) is 8.93. The van der Waals surface area contributed by atoms with Gasteiger partial charge in [0.1, 0.15) is 5.75 Å². The lowest BCUT2D eigenvalue weighted by Gasteiger charge is -2.17. The predicted molar refractivity (Wildman–Crippen MR) is 73.7 cm³/mol. The minimum absolute atomic E-state index is 0.165. The van der Waals surface area contributed by atoms with Crippen LogP contribution in [0.2, 0.25) is 0 Å². The molecule has 0 radical (unpaired) electrons. The summed E-state index contributed by atoms with van der Waals surface area (Å²) in [5.41, 5.74) is 6.07. The zero-order valence-electron chi connectivity index (χ0n) is 11.4. The first-order valence-electron chi connectivity index (χ1n) is 5.82. The first-order valence-corrected chi connectivity index (χ1v) is 7.26. The Labute approximate surface area is 114 Å². The van der Waals surface area contributed by atoms with Gasteiger partial charge in [0.05, 0.1) is 17.7 Å². The molecule has 7 heteroatoms. The van der Waals surface area contributed by atoms with Gasteiger partial charge in [-0.1, -0.05) is 0 Å². The lowest BCUT2D eigenvalue weighted by Crippen LogP contribution is -2.28.